The van der Waals surface area contributed by atoms with Crippen molar-refractivity contribution < 1.29 is 23.1 Å². The summed E-state index contributed by atoms with van der Waals surface area (Å²) >= 11 is 2.72. The van der Waals surface area contributed by atoms with Crippen LogP contribution >= 0.6 is 22.7 Å². The fourth-order valence-electron chi connectivity index (χ4n) is 5.27. The first-order chi connectivity index (χ1) is 21.2. The molecule has 230 valence electrons. The van der Waals surface area contributed by atoms with Crippen LogP contribution in [0.1, 0.15) is 58.8 Å². The molecule has 1 saturated heterocycles. The van der Waals surface area contributed by atoms with Crippen LogP contribution in [0.3, 0.4) is 0 Å². The highest BCUT2D eigenvalue weighted by molar-refractivity contribution is 7.15. The summed E-state index contributed by atoms with van der Waals surface area (Å²) in [4.78, 5) is 35.2. The number of ether oxygens (including phenoxy) is 1. The molecule has 4 aromatic rings. The van der Waals surface area contributed by atoms with Gasteiger partial charge in [-0.3, -0.25) is 9.59 Å². The Morgan fingerprint density at radius 3 is 2.20 bits per heavy atom. The van der Waals surface area contributed by atoms with Gasteiger partial charge < -0.3 is 20.3 Å². The first kappa shape index (κ1) is 29.9. The number of hydrogen-bond acceptors (Lipinski definition) is 12. The molecule has 2 aliphatic rings. The van der Waals surface area contributed by atoms with Crippen molar-refractivity contribution in [3.63, 3.8) is 0 Å². The molecule has 6 rings (SSSR count). The Labute approximate surface area is 259 Å². The van der Waals surface area contributed by atoms with Crippen LogP contribution in [0, 0.1) is 0 Å². The fraction of sp³-hybridized carbons (Fsp3) is 0.429. The summed E-state index contributed by atoms with van der Waals surface area (Å²) in [7, 11) is 1.54. The normalized spacial score (nSPS) is 19.2. The standard InChI is InChI=1S/C28H29F2N9O3S2/c1-42-23-9-8-16(13-31-23)10-21(40)33-26-37-35-24(43-26)17-4-2-5-18(11-17)25-36-38-27(44-25)34-22(41)12-19-6-3-7-20(32-19)39-14-28(29,30)15-39/h3,6-9,13,17-18H,2,4-5,10-12,14-15H2,1H3,(H,33,37,40)(H,34,38,41)/t17-,18-/m0/s1. The predicted molar refractivity (Wildman–Crippen MR) is 161 cm³/mol. The zero-order valence-electron chi connectivity index (χ0n) is 23.7. The quantitative estimate of drug-likeness (QED) is 0.255. The minimum atomic E-state index is -2.70. The van der Waals surface area contributed by atoms with E-state index in [2.05, 4.69) is 41.0 Å². The van der Waals surface area contributed by atoms with E-state index in [9.17, 15) is 18.4 Å². The van der Waals surface area contributed by atoms with E-state index in [1.165, 1.54) is 34.7 Å². The average molecular weight is 642 g/mol. The Bertz CT molecular complexity index is 1620. The smallest absolute Gasteiger partial charge is 0.282 e. The van der Waals surface area contributed by atoms with Gasteiger partial charge in [-0.2, -0.15) is 0 Å². The molecule has 12 nitrogen and oxygen atoms in total. The molecule has 0 spiro atoms. The van der Waals surface area contributed by atoms with Gasteiger partial charge in [-0.05, 0) is 37.0 Å². The minimum absolute atomic E-state index is 0.00854. The molecule has 2 atom stereocenters. The molecule has 2 amide bonds. The van der Waals surface area contributed by atoms with Gasteiger partial charge in [-0.15, -0.1) is 20.4 Å². The third-order valence-corrected chi connectivity index (χ3v) is 9.42. The maximum atomic E-state index is 13.2. The van der Waals surface area contributed by atoms with E-state index >= 15 is 0 Å². The number of anilines is 3. The van der Waals surface area contributed by atoms with Crippen LogP contribution < -0.4 is 20.3 Å². The number of pyridine rings is 2. The first-order valence-electron chi connectivity index (χ1n) is 14.1. The van der Waals surface area contributed by atoms with Crippen LogP contribution in [-0.4, -0.2) is 68.3 Å². The monoisotopic (exact) mass is 641 g/mol. The molecular formula is C28H29F2N9O3S2. The van der Waals surface area contributed by atoms with E-state index in [-0.39, 0.29) is 49.6 Å². The van der Waals surface area contributed by atoms with Gasteiger partial charge in [-0.1, -0.05) is 41.2 Å². The van der Waals surface area contributed by atoms with Gasteiger partial charge in [0.05, 0.1) is 38.7 Å². The number of nitrogens with zero attached hydrogens (tertiary/aromatic N) is 7. The van der Waals surface area contributed by atoms with Crippen molar-refractivity contribution >= 4 is 50.6 Å². The van der Waals surface area contributed by atoms with Gasteiger partial charge >= 0.3 is 0 Å². The number of carbonyl (C=O) groups excluding carboxylic acids is 2. The number of amides is 2. The number of alkyl halides is 2. The molecule has 2 N–H and O–H groups in total. The van der Waals surface area contributed by atoms with Gasteiger partial charge in [0.25, 0.3) is 5.92 Å². The topological polar surface area (TPSA) is 148 Å². The van der Waals surface area contributed by atoms with Crippen molar-refractivity contribution in [3.8, 4) is 5.88 Å². The van der Waals surface area contributed by atoms with Crippen LogP contribution in [-0.2, 0) is 22.4 Å². The van der Waals surface area contributed by atoms with E-state index in [4.69, 9.17) is 4.74 Å². The summed E-state index contributed by atoms with van der Waals surface area (Å²) in [5.41, 5.74) is 1.25. The molecule has 16 heteroatoms. The Morgan fingerprint density at radius 2 is 1.61 bits per heavy atom. The Hall–Kier alpha value is -4.18. The first-order valence-corrected chi connectivity index (χ1v) is 15.7. The summed E-state index contributed by atoms with van der Waals surface area (Å²) in [6, 6.07) is 8.56. The molecular weight excluding hydrogens is 612 g/mol. The van der Waals surface area contributed by atoms with Gasteiger partial charge in [0.1, 0.15) is 15.8 Å². The number of nitrogens with one attached hydrogen (secondary N) is 2. The number of carbonyl (C=O) groups is 2. The highest BCUT2D eigenvalue weighted by atomic mass is 32.1. The van der Waals surface area contributed by atoms with Gasteiger partial charge in [-0.25, -0.2) is 18.7 Å². The maximum Gasteiger partial charge on any atom is 0.282 e. The van der Waals surface area contributed by atoms with Crippen molar-refractivity contribution in [1.29, 1.82) is 0 Å². The maximum absolute atomic E-state index is 13.2. The van der Waals surface area contributed by atoms with E-state index in [1.807, 2.05) is 0 Å². The summed E-state index contributed by atoms with van der Waals surface area (Å²) < 4.78 is 31.5. The van der Waals surface area contributed by atoms with Crippen LogP contribution in [0.15, 0.2) is 36.5 Å². The molecule has 1 saturated carbocycles. The largest absolute Gasteiger partial charge is 0.481 e. The van der Waals surface area contributed by atoms with E-state index in [1.54, 1.807) is 36.5 Å². The molecule has 4 aromatic heterocycles. The number of aromatic nitrogens is 6. The molecule has 44 heavy (non-hydrogen) atoms. The number of halogens is 2. The van der Waals surface area contributed by atoms with Crippen molar-refractivity contribution in [2.45, 2.75) is 56.3 Å². The summed E-state index contributed by atoms with van der Waals surface area (Å²) in [5.74, 6) is -1.95. The van der Waals surface area contributed by atoms with Crippen molar-refractivity contribution in [2.75, 3.05) is 35.7 Å². The lowest BCUT2D eigenvalue weighted by Crippen LogP contribution is -2.56. The number of methoxy groups -OCH3 is 1. The summed E-state index contributed by atoms with van der Waals surface area (Å²) in [5, 5.41) is 25.3. The molecule has 2 fully saturated rings. The highest BCUT2D eigenvalue weighted by Gasteiger charge is 2.44. The SMILES string of the molecule is COc1ccc(CC(=O)Nc2nnc([C@H]3CCC[C@H](c4nnc(NC(=O)Cc5cccc(N6CC(F)(F)C6)n5)s4)C3)s2)cn1. The minimum Gasteiger partial charge on any atom is -0.481 e. The van der Waals surface area contributed by atoms with Crippen LogP contribution in [0.4, 0.5) is 24.9 Å². The zero-order chi connectivity index (χ0) is 30.7. The zero-order valence-corrected chi connectivity index (χ0v) is 25.3. The molecule has 0 aromatic carbocycles. The van der Waals surface area contributed by atoms with Crippen molar-refractivity contribution in [3.05, 3.63) is 57.8 Å². The van der Waals surface area contributed by atoms with Crippen molar-refractivity contribution in [2.24, 2.45) is 0 Å². The van der Waals surface area contributed by atoms with Gasteiger partial charge in [0.2, 0.25) is 28.0 Å². The Kier molecular flexibility index (Phi) is 8.70. The lowest BCUT2D eigenvalue weighted by Gasteiger charge is -2.39. The summed E-state index contributed by atoms with van der Waals surface area (Å²) in [6.07, 6.45) is 5.46. The second-order valence-corrected chi connectivity index (χ2v) is 12.8. The second kappa shape index (κ2) is 12.8. The molecule has 0 bridgehead atoms. The average Bonchev–Trinajstić information content (AvgIpc) is 3.66. The lowest BCUT2D eigenvalue weighted by molar-refractivity contribution is -0.116. The third kappa shape index (κ3) is 7.30. The second-order valence-electron chi connectivity index (χ2n) is 10.8. The molecule has 0 radical (unpaired) electrons. The van der Waals surface area contributed by atoms with E-state index < -0.39 is 5.92 Å². The van der Waals surface area contributed by atoms with Gasteiger partial charge in [0, 0.05) is 24.1 Å². The van der Waals surface area contributed by atoms with Gasteiger partial charge in [0.15, 0.2) is 0 Å². The fourth-order valence-corrected chi connectivity index (χ4v) is 7.08. The Balaban J connectivity index is 1.00. The molecule has 1 aliphatic carbocycles. The number of hydrogen-bond donors (Lipinski definition) is 2. The summed E-state index contributed by atoms with van der Waals surface area (Å²) in [6.45, 7) is -0.739. The van der Waals surface area contributed by atoms with Crippen molar-refractivity contribution in [1.82, 2.24) is 30.4 Å². The highest BCUT2D eigenvalue weighted by Crippen LogP contribution is 2.43. The predicted octanol–water partition coefficient (Wildman–Crippen LogP) is 4.45. The van der Waals surface area contributed by atoms with Crippen LogP contribution in [0.2, 0.25) is 0 Å². The molecule has 1 aliphatic heterocycles. The molecule has 5 heterocycles. The van der Waals surface area contributed by atoms with Crippen LogP contribution in [0.5, 0.6) is 5.88 Å². The number of rotatable bonds is 10. The lowest BCUT2D eigenvalue weighted by atomic mass is 9.82. The Morgan fingerprint density at radius 1 is 0.955 bits per heavy atom. The van der Waals surface area contributed by atoms with Crippen LogP contribution in [0.25, 0.3) is 0 Å². The molecule has 0 unspecified atom stereocenters. The third-order valence-electron chi connectivity index (χ3n) is 7.42. The van der Waals surface area contributed by atoms with E-state index in [0.29, 0.717) is 27.7 Å². The van der Waals surface area contributed by atoms with E-state index in [0.717, 1.165) is 41.3 Å².